The third-order valence-corrected chi connectivity index (χ3v) is 7.80. The molecule has 4 unspecified atom stereocenters. The fourth-order valence-corrected chi connectivity index (χ4v) is 6.11. The number of pyridine rings is 1. The van der Waals surface area contributed by atoms with Gasteiger partial charge < -0.3 is 15.1 Å². The van der Waals surface area contributed by atoms with Crippen LogP contribution in [0.2, 0.25) is 0 Å². The van der Waals surface area contributed by atoms with Crippen molar-refractivity contribution in [3.8, 4) is 17.3 Å². The van der Waals surface area contributed by atoms with Gasteiger partial charge in [-0.3, -0.25) is 9.48 Å². The Morgan fingerprint density at radius 1 is 1.24 bits per heavy atom. The molecule has 0 saturated heterocycles. The number of fused-ring (bicyclic) bond motifs is 2. The lowest BCUT2D eigenvalue weighted by Gasteiger charge is -2.29. The van der Waals surface area contributed by atoms with Gasteiger partial charge in [0.2, 0.25) is 5.76 Å². The molecule has 4 atom stereocenters. The average molecular weight is 495 g/mol. The molecule has 0 bridgehead atoms. The molecule has 1 amide bonds. The summed E-state index contributed by atoms with van der Waals surface area (Å²) >= 11 is 0. The molecule has 188 valence electrons. The van der Waals surface area contributed by atoms with Crippen molar-refractivity contribution >= 4 is 28.4 Å². The maximum absolute atomic E-state index is 13.5. The van der Waals surface area contributed by atoms with E-state index in [1.54, 1.807) is 24.1 Å². The Labute approximate surface area is 215 Å². The molecule has 2 saturated carbocycles. The Morgan fingerprint density at radius 3 is 2.86 bits per heavy atom. The van der Waals surface area contributed by atoms with E-state index in [9.17, 15) is 10.1 Å². The van der Waals surface area contributed by atoms with E-state index in [4.69, 9.17) is 4.42 Å². The number of nitrogens with zero attached hydrogens (tertiary/aromatic N) is 4. The highest BCUT2D eigenvalue weighted by molar-refractivity contribution is 6.15. The van der Waals surface area contributed by atoms with E-state index in [0.717, 1.165) is 36.2 Å². The van der Waals surface area contributed by atoms with E-state index in [-0.39, 0.29) is 11.3 Å². The molecule has 2 fully saturated rings. The number of rotatable bonds is 7. The van der Waals surface area contributed by atoms with Crippen LogP contribution in [0.1, 0.15) is 55.1 Å². The highest BCUT2D eigenvalue weighted by Crippen LogP contribution is 2.54. The minimum absolute atomic E-state index is 0.0295. The van der Waals surface area contributed by atoms with E-state index in [1.165, 1.54) is 19.3 Å². The Kier molecular flexibility index (Phi) is 5.91. The van der Waals surface area contributed by atoms with Crippen LogP contribution in [-0.4, -0.2) is 26.7 Å². The average Bonchev–Trinajstić information content (AvgIpc) is 3.45. The fourth-order valence-electron chi connectivity index (χ4n) is 6.11. The molecule has 0 aliphatic heterocycles. The molecule has 8 heteroatoms. The summed E-state index contributed by atoms with van der Waals surface area (Å²) < 4.78 is 7.37. The van der Waals surface area contributed by atoms with Gasteiger partial charge in [0.1, 0.15) is 23.1 Å². The second-order valence-corrected chi connectivity index (χ2v) is 10.4. The van der Waals surface area contributed by atoms with Crippen LogP contribution in [0.25, 0.3) is 22.2 Å². The van der Waals surface area contributed by atoms with Crippen LogP contribution in [0.4, 0.5) is 11.5 Å². The van der Waals surface area contributed by atoms with E-state index < -0.39 is 5.91 Å². The van der Waals surface area contributed by atoms with Crippen LogP contribution >= 0.6 is 0 Å². The van der Waals surface area contributed by atoms with E-state index >= 15 is 0 Å². The van der Waals surface area contributed by atoms with Gasteiger partial charge in [0.25, 0.3) is 5.91 Å². The zero-order valence-corrected chi connectivity index (χ0v) is 21.1. The molecule has 2 N–H and O–H groups in total. The molecule has 0 radical (unpaired) electrons. The van der Waals surface area contributed by atoms with Crippen molar-refractivity contribution in [3.63, 3.8) is 0 Å². The van der Waals surface area contributed by atoms with Gasteiger partial charge in [-0.1, -0.05) is 50.1 Å². The first-order chi connectivity index (χ1) is 18.0. The number of hydrogen-bond acceptors (Lipinski definition) is 6. The van der Waals surface area contributed by atoms with E-state index in [2.05, 4.69) is 27.6 Å². The third-order valence-electron chi connectivity index (χ3n) is 7.80. The third kappa shape index (κ3) is 4.46. The van der Waals surface area contributed by atoms with Crippen LogP contribution in [0.5, 0.6) is 0 Å². The Morgan fingerprint density at radius 2 is 2.08 bits per heavy atom. The Hall–Kier alpha value is -4.12. The minimum Gasteiger partial charge on any atom is -0.443 e. The highest BCUT2D eigenvalue weighted by Gasteiger charge is 2.47. The van der Waals surface area contributed by atoms with Gasteiger partial charge in [-0.15, -0.1) is 0 Å². The number of nitrogens with one attached hydrogen (secondary N) is 2. The normalized spacial score (nSPS) is 22.3. The summed E-state index contributed by atoms with van der Waals surface area (Å²) in [6, 6.07) is 13.9. The molecule has 3 heterocycles. The zero-order chi connectivity index (χ0) is 25.5. The maximum atomic E-state index is 13.5. The molecule has 4 aromatic rings. The largest absolute Gasteiger partial charge is 0.443 e. The first-order valence-corrected chi connectivity index (χ1v) is 13.0. The number of carbonyl (C=O) groups is 1. The summed E-state index contributed by atoms with van der Waals surface area (Å²) in [6.45, 7) is 2.26. The minimum atomic E-state index is -0.417. The predicted octanol–water partition coefficient (Wildman–Crippen LogP) is 5.98. The van der Waals surface area contributed by atoms with Crippen molar-refractivity contribution < 1.29 is 9.21 Å². The first-order valence-electron chi connectivity index (χ1n) is 13.0. The topological polar surface area (TPSA) is 109 Å². The van der Waals surface area contributed by atoms with Gasteiger partial charge in [0, 0.05) is 30.2 Å². The van der Waals surface area contributed by atoms with Crippen LogP contribution in [0, 0.1) is 29.1 Å². The van der Waals surface area contributed by atoms with E-state index in [1.807, 2.05) is 42.5 Å². The Bertz CT molecular complexity index is 1500. The quantitative estimate of drug-likeness (QED) is 0.327. The second-order valence-electron chi connectivity index (χ2n) is 10.4. The molecule has 3 aromatic heterocycles. The van der Waals surface area contributed by atoms with Gasteiger partial charge in [-0.05, 0) is 43.1 Å². The molecule has 6 rings (SSSR count). The van der Waals surface area contributed by atoms with Crippen LogP contribution in [0.3, 0.4) is 0 Å². The van der Waals surface area contributed by atoms with Crippen molar-refractivity contribution in [2.45, 2.75) is 45.1 Å². The summed E-state index contributed by atoms with van der Waals surface area (Å²) in [7, 11) is 1.81. The van der Waals surface area contributed by atoms with Crippen molar-refractivity contribution in [1.29, 1.82) is 5.26 Å². The fraction of sp³-hybridized carbons (Fsp3) is 0.379. The van der Waals surface area contributed by atoms with Crippen molar-refractivity contribution in [3.05, 3.63) is 60.1 Å². The van der Waals surface area contributed by atoms with Crippen LogP contribution < -0.4 is 10.6 Å². The van der Waals surface area contributed by atoms with Crippen LogP contribution in [0.15, 0.2) is 53.2 Å². The standard InChI is InChI=1S/C29H30N6O2/c1-3-7-18-10-20(11-19-12-21(18)19)32-26-13-22-25(15-31-26)37-24(14-30)27(22)29(36)33-23-16-35(2)34-28(23)17-8-5-4-6-9-17/h4-6,8-9,13,15-16,18-21H,3,7,10-12H2,1-2H3,(H,31,32)(H,33,36). The molecule has 2 aliphatic rings. The first kappa shape index (κ1) is 23.3. The molecule has 1 aromatic carbocycles. The van der Waals surface area contributed by atoms with Crippen molar-refractivity contribution in [2.24, 2.45) is 24.8 Å². The van der Waals surface area contributed by atoms with Gasteiger partial charge in [0.05, 0.1) is 11.9 Å². The predicted molar refractivity (Wildman–Crippen MR) is 142 cm³/mol. The van der Waals surface area contributed by atoms with Crippen molar-refractivity contribution in [2.75, 3.05) is 10.6 Å². The summed E-state index contributed by atoms with van der Waals surface area (Å²) in [5, 5.41) is 21.4. The lowest BCUT2D eigenvalue weighted by molar-refractivity contribution is 0.102. The number of aromatic nitrogens is 3. The smallest absolute Gasteiger partial charge is 0.261 e. The lowest BCUT2D eigenvalue weighted by atomic mass is 9.83. The van der Waals surface area contributed by atoms with Gasteiger partial charge in [-0.25, -0.2) is 4.98 Å². The van der Waals surface area contributed by atoms with Gasteiger partial charge >= 0.3 is 0 Å². The van der Waals surface area contributed by atoms with Crippen LogP contribution in [-0.2, 0) is 7.05 Å². The Balaban J connectivity index is 1.28. The van der Waals surface area contributed by atoms with Crippen molar-refractivity contribution in [1.82, 2.24) is 14.8 Å². The molecule has 0 spiro atoms. The number of carbonyl (C=O) groups excluding carboxylic acids is 1. The highest BCUT2D eigenvalue weighted by atomic mass is 16.3. The maximum Gasteiger partial charge on any atom is 0.261 e. The summed E-state index contributed by atoms with van der Waals surface area (Å²) in [6.07, 6.45) is 9.52. The number of nitriles is 1. The number of aryl methyl sites for hydroxylation is 1. The molecule has 37 heavy (non-hydrogen) atoms. The summed E-state index contributed by atoms with van der Waals surface area (Å²) in [4.78, 5) is 18.1. The lowest BCUT2D eigenvalue weighted by Crippen LogP contribution is -2.29. The molecular weight excluding hydrogens is 464 g/mol. The monoisotopic (exact) mass is 494 g/mol. The second kappa shape index (κ2) is 9.40. The van der Waals surface area contributed by atoms with E-state index in [0.29, 0.717) is 34.2 Å². The molecule has 2 aliphatic carbocycles. The summed E-state index contributed by atoms with van der Waals surface area (Å²) in [5.41, 5.74) is 2.73. The molecule has 8 nitrogen and oxygen atoms in total. The number of anilines is 2. The number of furan rings is 1. The number of benzene rings is 1. The summed E-state index contributed by atoms with van der Waals surface area (Å²) in [5.74, 6) is 2.77. The van der Waals surface area contributed by atoms with Gasteiger partial charge in [0.15, 0.2) is 5.58 Å². The number of hydrogen-bond donors (Lipinski definition) is 2. The zero-order valence-electron chi connectivity index (χ0n) is 21.1. The van der Waals surface area contributed by atoms with Gasteiger partial charge in [-0.2, -0.15) is 10.4 Å². The number of amides is 1. The SMILES string of the molecule is CCCC1CC(Nc2cc3c(C(=O)Nc4cn(C)nc4-c4ccccc4)c(C#N)oc3cn2)CC2CC12. The molecular formula is C29H30N6O2.